The molecule has 7 heteroatoms. The van der Waals surface area contributed by atoms with Crippen molar-refractivity contribution in [2.24, 2.45) is 0 Å². The Morgan fingerprint density at radius 2 is 1.93 bits per heavy atom. The number of fused-ring (bicyclic) bond motifs is 1. The van der Waals surface area contributed by atoms with Gasteiger partial charge in [0.25, 0.3) is 5.91 Å². The lowest BCUT2D eigenvalue weighted by Crippen LogP contribution is -2.05. The summed E-state index contributed by atoms with van der Waals surface area (Å²) in [6.45, 7) is 0. The van der Waals surface area contributed by atoms with Crippen LogP contribution in [-0.4, -0.2) is 29.2 Å². The van der Waals surface area contributed by atoms with Gasteiger partial charge in [0.05, 0.1) is 23.9 Å². The van der Waals surface area contributed by atoms with Crippen LogP contribution in [0.4, 0.5) is 11.5 Å². The molecular formula is C20H16N4O3. The maximum atomic E-state index is 12.1. The number of aromatic nitrogens is 2. The number of nitrogens with one attached hydrogen (secondary N) is 3. The highest BCUT2D eigenvalue weighted by atomic mass is 16.5. The van der Waals surface area contributed by atoms with Gasteiger partial charge in [-0.15, -0.1) is 0 Å². The summed E-state index contributed by atoms with van der Waals surface area (Å²) >= 11 is 0. The Balaban J connectivity index is 1.52. The van der Waals surface area contributed by atoms with E-state index in [1.807, 2.05) is 42.5 Å². The first kappa shape index (κ1) is 16.6. The Hall–Kier alpha value is -3.87. The third-order valence-electron chi connectivity index (χ3n) is 4.27. The Morgan fingerprint density at radius 3 is 2.70 bits per heavy atom. The van der Waals surface area contributed by atoms with Gasteiger partial charge in [0.1, 0.15) is 0 Å². The number of anilines is 2. The maximum absolute atomic E-state index is 12.1. The van der Waals surface area contributed by atoms with Crippen molar-refractivity contribution in [3.8, 4) is 11.3 Å². The number of aromatic amines is 1. The fraction of sp³-hybridized carbons (Fsp3) is 0.0500. The highest BCUT2D eigenvalue weighted by Gasteiger charge is 2.23. The van der Waals surface area contributed by atoms with Crippen LogP contribution in [0.15, 0.2) is 60.8 Å². The number of para-hydroxylation sites is 1. The molecule has 0 spiro atoms. The van der Waals surface area contributed by atoms with Crippen LogP contribution in [0.5, 0.6) is 0 Å². The summed E-state index contributed by atoms with van der Waals surface area (Å²) in [7, 11) is 1.35. The van der Waals surface area contributed by atoms with E-state index in [9.17, 15) is 9.59 Å². The van der Waals surface area contributed by atoms with Gasteiger partial charge in [0.2, 0.25) is 0 Å². The molecule has 1 aliphatic rings. The molecule has 0 saturated carbocycles. The highest BCUT2D eigenvalue weighted by Crippen LogP contribution is 2.31. The van der Waals surface area contributed by atoms with Crippen LogP contribution >= 0.6 is 0 Å². The van der Waals surface area contributed by atoms with E-state index in [1.54, 1.807) is 18.3 Å². The molecule has 0 bridgehead atoms. The first-order valence-corrected chi connectivity index (χ1v) is 8.27. The van der Waals surface area contributed by atoms with E-state index in [4.69, 9.17) is 4.74 Å². The van der Waals surface area contributed by atoms with E-state index in [-0.39, 0.29) is 11.9 Å². The van der Waals surface area contributed by atoms with Crippen molar-refractivity contribution in [1.29, 1.82) is 0 Å². The minimum atomic E-state index is -0.379. The summed E-state index contributed by atoms with van der Waals surface area (Å²) < 4.78 is 4.69. The molecule has 7 nitrogen and oxygen atoms in total. The number of esters is 1. The Labute approximate surface area is 155 Å². The molecule has 0 fully saturated rings. The normalized spacial score (nSPS) is 14.0. The first-order valence-electron chi connectivity index (χ1n) is 8.27. The second-order valence-corrected chi connectivity index (χ2v) is 5.94. The van der Waals surface area contributed by atoms with Crippen LogP contribution < -0.4 is 10.6 Å². The molecular weight excluding hydrogens is 344 g/mol. The molecule has 3 aromatic rings. The smallest absolute Gasteiger partial charge is 0.337 e. The minimum absolute atomic E-state index is 0.155. The van der Waals surface area contributed by atoms with Crippen LogP contribution in [0, 0.1) is 0 Å². The molecule has 0 atom stereocenters. The van der Waals surface area contributed by atoms with Crippen LogP contribution in [0.25, 0.3) is 16.8 Å². The zero-order valence-corrected chi connectivity index (χ0v) is 14.4. The number of amides is 1. The van der Waals surface area contributed by atoms with Crippen molar-refractivity contribution in [3.63, 3.8) is 0 Å². The molecule has 0 radical (unpaired) electrons. The zero-order chi connectivity index (χ0) is 18.8. The standard InChI is InChI=1S/C20H16N4O3/c1-27-20(26)13-8-6-12(7-9-13)17-10-18(24-23-17)21-11-15-14-4-2-3-5-16(14)22-19(15)25/h2-11H,1H3,(H,22,25)(H2,21,23,24)/b15-11-. The molecule has 2 aromatic carbocycles. The molecule has 0 aliphatic carbocycles. The predicted octanol–water partition coefficient (Wildman–Crippen LogP) is 3.27. The van der Waals surface area contributed by atoms with Gasteiger partial charge >= 0.3 is 5.97 Å². The van der Waals surface area contributed by atoms with Crippen molar-refractivity contribution >= 4 is 29.0 Å². The molecule has 0 unspecified atom stereocenters. The summed E-state index contributed by atoms with van der Waals surface area (Å²) in [6.07, 6.45) is 1.64. The van der Waals surface area contributed by atoms with Crippen LogP contribution in [0.3, 0.4) is 0 Å². The van der Waals surface area contributed by atoms with Crippen LogP contribution in [0.2, 0.25) is 0 Å². The predicted molar refractivity (Wildman–Crippen MR) is 102 cm³/mol. The average Bonchev–Trinajstić information content (AvgIpc) is 3.29. The maximum Gasteiger partial charge on any atom is 0.337 e. The number of hydrogen-bond donors (Lipinski definition) is 3. The molecule has 27 heavy (non-hydrogen) atoms. The van der Waals surface area contributed by atoms with Gasteiger partial charge in [-0.25, -0.2) is 4.79 Å². The van der Waals surface area contributed by atoms with Crippen molar-refractivity contribution < 1.29 is 14.3 Å². The summed E-state index contributed by atoms with van der Waals surface area (Å²) in [5.74, 6) is 0.0415. The van der Waals surface area contributed by atoms with Gasteiger partial charge in [0, 0.05) is 23.5 Å². The second-order valence-electron chi connectivity index (χ2n) is 5.94. The number of carbonyl (C=O) groups is 2. The van der Waals surface area contributed by atoms with E-state index < -0.39 is 0 Å². The summed E-state index contributed by atoms with van der Waals surface area (Å²) in [4.78, 5) is 23.6. The van der Waals surface area contributed by atoms with Crippen molar-refractivity contribution in [3.05, 3.63) is 71.9 Å². The number of ether oxygens (including phenoxy) is 1. The Morgan fingerprint density at radius 1 is 1.15 bits per heavy atom. The number of methoxy groups -OCH3 is 1. The van der Waals surface area contributed by atoms with E-state index in [0.717, 1.165) is 22.5 Å². The average molecular weight is 360 g/mol. The largest absolute Gasteiger partial charge is 0.465 e. The van der Waals surface area contributed by atoms with E-state index in [2.05, 4.69) is 20.8 Å². The van der Waals surface area contributed by atoms with Gasteiger partial charge in [0.15, 0.2) is 5.82 Å². The van der Waals surface area contributed by atoms with E-state index >= 15 is 0 Å². The van der Waals surface area contributed by atoms with Crippen LogP contribution in [0.1, 0.15) is 15.9 Å². The number of rotatable bonds is 4. The lowest BCUT2D eigenvalue weighted by Gasteiger charge is -2.00. The number of carbonyl (C=O) groups excluding carboxylic acids is 2. The SMILES string of the molecule is COC(=O)c1ccc(-c2cc(N/C=C3\C(=O)Nc4ccccc43)n[nH]2)cc1. The van der Waals surface area contributed by atoms with Gasteiger partial charge in [-0.3, -0.25) is 9.89 Å². The number of H-pyrrole nitrogens is 1. The summed E-state index contributed by atoms with van der Waals surface area (Å²) in [5, 5.41) is 13.0. The number of hydrogen-bond acceptors (Lipinski definition) is 5. The van der Waals surface area contributed by atoms with Crippen molar-refractivity contribution in [1.82, 2.24) is 10.2 Å². The third kappa shape index (κ3) is 3.18. The number of nitrogens with zero attached hydrogens (tertiary/aromatic N) is 1. The lowest BCUT2D eigenvalue weighted by molar-refractivity contribution is -0.110. The summed E-state index contributed by atoms with van der Waals surface area (Å²) in [6, 6.07) is 16.3. The zero-order valence-electron chi connectivity index (χ0n) is 14.4. The van der Waals surface area contributed by atoms with Crippen molar-refractivity contribution in [2.75, 3.05) is 17.7 Å². The second kappa shape index (κ2) is 6.80. The number of benzene rings is 2. The fourth-order valence-corrected chi connectivity index (χ4v) is 2.88. The van der Waals surface area contributed by atoms with Crippen LogP contribution in [-0.2, 0) is 9.53 Å². The molecule has 1 amide bonds. The molecule has 2 heterocycles. The molecule has 134 valence electrons. The third-order valence-corrected chi connectivity index (χ3v) is 4.27. The quantitative estimate of drug-likeness (QED) is 0.490. The van der Waals surface area contributed by atoms with Gasteiger partial charge in [-0.2, -0.15) is 5.10 Å². The van der Waals surface area contributed by atoms with Gasteiger partial charge in [-0.05, 0) is 23.8 Å². The molecule has 4 rings (SSSR count). The van der Waals surface area contributed by atoms with Gasteiger partial charge in [-0.1, -0.05) is 30.3 Å². The van der Waals surface area contributed by atoms with E-state index in [0.29, 0.717) is 17.0 Å². The first-order chi connectivity index (χ1) is 13.2. The molecule has 1 aromatic heterocycles. The Bertz CT molecular complexity index is 1050. The summed E-state index contributed by atoms with van der Waals surface area (Å²) in [5.41, 5.74) is 4.34. The lowest BCUT2D eigenvalue weighted by atomic mass is 10.1. The molecule has 3 N–H and O–H groups in total. The fourth-order valence-electron chi connectivity index (χ4n) is 2.88. The minimum Gasteiger partial charge on any atom is -0.465 e. The van der Waals surface area contributed by atoms with Gasteiger partial charge < -0.3 is 15.4 Å². The topological polar surface area (TPSA) is 96.1 Å². The highest BCUT2D eigenvalue weighted by molar-refractivity contribution is 6.31. The monoisotopic (exact) mass is 360 g/mol. The Kier molecular flexibility index (Phi) is 4.18. The van der Waals surface area contributed by atoms with Crippen molar-refractivity contribution in [2.45, 2.75) is 0 Å². The van der Waals surface area contributed by atoms with E-state index in [1.165, 1.54) is 7.11 Å². The molecule has 0 saturated heterocycles. The molecule has 1 aliphatic heterocycles.